The lowest BCUT2D eigenvalue weighted by Gasteiger charge is -2.15. The molecule has 0 aromatic heterocycles. The fourth-order valence-corrected chi connectivity index (χ4v) is 1.51. The Morgan fingerprint density at radius 3 is 2.20 bits per heavy atom. The number of amides is 2. The molecule has 2 unspecified atom stereocenters. The van der Waals surface area contributed by atoms with Crippen molar-refractivity contribution in [3.05, 3.63) is 35.4 Å². The summed E-state index contributed by atoms with van der Waals surface area (Å²) in [5.74, 6) is -0.406. The largest absolute Gasteiger partial charge is 0.355 e. The van der Waals surface area contributed by atoms with Gasteiger partial charge in [-0.15, -0.1) is 12.4 Å². The topological polar surface area (TPSA) is 84.2 Å². The maximum atomic E-state index is 11.7. The third kappa shape index (κ3) is 5.19. The van der Waals surface area contributed by atoms with Gasteiger partial charge in [0.05, 0.1) is 0 Å². The van der Waals surface area contributed by atoms with Gasteiger partial charge in [0.2, 0.25) is 5.91 Å². The van der Waals surface area contributed by atoms with Crippen LogP contribution in [0, 0.1) is 5.92 Å². The molecule has 1 rings (SSSR count). The molecule has 0 fully saturated rings. The summed E-state index contributed by atoms with van der Waals surface area (Å²) in [6.07, 6.45) is 0. The Morgan fingerprint density at radius 2 is 1.75 bits per heavy atom. The zero-order chi connectivity index (χ0) is 14.4. The van der Waals surface area contributed by atoms with E-state index >= 15 is 0 Å². The molecular formula is C14H22ClN3O2. The molecule has 0 spiro atoms. The monoisotopic (exact) mass is 299 g/mol. The highest BCUT2D eigenvalue weighted by molar-refractivity contribution is 5.93. The summed E-state index contributed by atoms with van der Waals surface area (Å²) in [5.41, 5.74) is 7.21. The molecule has 0 bridgehead atoms. The van der Waals surface area contributed by atoms with E-state index in [0.29, 0.717) is 12.1 Å². The van der Waals surface area contributed by atoms with Crippen molar-refractivity contribution in [3.63, 3.8) is 0 Å². The Hall–Kier alpha value is -1.59. The van der Waals surface area contributed by atoms with Crippen molar-refractivity contribution in [2.45, 2.75) is 26.4 Å². The van der Waals surface area contributed by atoms with E-state index in [-0.39, 0.29) is 36.2 Å². The first-order chi connectivity index (χ1) is 8.95. The Bertz CT molecular complexity index is 446. The second kappa shape index (κ2) is 8.55. The van der Waals surface area contributed by atoms with Crippen LogP contribution >= 0.6 is 12.4 Å². The lowest BCUT2D eigenvalue weighted by atomic mass is 10.0. The highest BCUT2D eigenvalue weighted by Gasteiger charge is 2.16. The fourth-order valence-electron chi connectivity index (χ4n) is 1.51. The SMILES string of the molecule is CNC(=O)c1ccc(CNC(=O)C(C)C(C)N)cc1.Cl. The molecule has 0 radical (unpaired) electrons. The van der Waals surface area contributed by atoms with Crippen LogP contribution in [-0.2, 0) is 11.3 Å². The second-order valence-electron chi connectivity index (χ2n) is 4.64. The number of carbonyl (C=O) groups excluding carboxylic acids is 2. The van der Waals surface area contributed by atoms with Crippen LogP contribution in [0.5, 0.6) is 0 Å². The van der Waals surface area contributed by atoms with Crippen LogP contribution < -0.4 is 16.4 Å². The number of rotatable bonds is 5. The predicted molar refractivity (Wildman–Crippen MR) is 81.7 cm³/mol. The predicted octanol–water partition coefficient (Wildman–Crippen LogP) is 1.07. The van der Waals surface area contributed by atoms with Crippen LogP contribution in [0.3, 0.4) is 0 Å². The van der Waals surface area contributed by atoms with E-state index < -0.39 is 0 Å². The molecule has 1 aromatic rings. The molecule has 0 heterocycles. The molecule has 112 valence electrons. The molecule has 0 aliphatic rings. The number of hydrogen-bond acceptors (Lipinski definition) is 3. The van der Waals surface area contributed by atoms with E-state index in [1.54, 1.807) is 26.1 Å². The van der Waals surface area contributed by atoms with Crippen molar-refractivity contribution in [1.82, 2.24) is 10.6 Å². The molecule has 2 atom stereocenters. The van der Waals surface area contributed by atoms with Crippen LogP contribution in [0.15, 0.2) is 24.3 Å². The first-order valence-corrected chi connectivity index (χ1v) is 6.30. The van der Waals surface area contributed by atoms with E-state index in [2.05, 4.69) is 10.6 Å². The molecule has 1 aromatic carbocycles. The molecule has 5 nitrogen and oxygen atoms in total. The molecule has 20 heavy (non-hydrogen) atoms. The van der Waals surface area contributed by atoms with E-state index in [9.17, 15) is 9.59 Å². The summed E-state index contributed by atoms with van der Waals surface area (Å²) in [6.45, 7) is 4.04. The van der Waals surface area contributed by atoms with Gasteiger partial charge in [-0.3, -0.25) is 9.59 Å². The van der Waals surface area contributed by atoms with Gasteiger partial charge in [0.15, 0.2) is 0 Å². The van der Waals surface area contributed by atoms with Gasteiger partial charge in [0.1, 0.15) is 0 Å². The van der Waals surface area contributed by atoms with Crippen LogP contribution in [0.4, 0.5) is 0 Å². The van der Waals surface area contributed by atoms with Crippen molar-refractivity contribution in [2.24, 2.45) is 11.7 Å². The Balaban J connectivity index is 0.00000361. The minimum absolute atomic E-state index is 0. The van der Waals surface area contributed by atoms with Crippen LogP contribution in [-0.4, -0.2) is 24.9 Å². The smallest absolute Gasteiger partial charge is 0.251 e. The standard InChI is InChI=1S/C14H21N3O2.ClH/c1-9(10(2)15)13(18)17-8-11-4-6-12(7-5-11)14(19)16-3;/h4-7,9-10H,8,15H2,1-3H3,(H,16,19)(H,17,18);1H. The van der Waals surface area contributed by atoms with E-state index in [0.717, 1.165) is 5.56 Å². The average molecular weight is 300 g/mol. The quantitative estimate of drug-likeness (QED) is 0.760. The van der Waals surface area contributed by atoms with Crippen LogP contribution in [0.25, 0.3) is 0 Å². The number of nitrogens with two attached hydrogens (primary N) is 1. The highest BCUT2D eigenvalue weighted by Crippen LogP contribution is 2.05. The Labute approximate surface area is 125 Å². The van der Waals surface area contributed by atoms with Gasteiger partial charge in [0, 0.05) is 31.1 Å². The lowest BCUT2D eigenvalue weighted by Crippen LogP contribution is -2.38. The molecule has 4 N–H and O–H groups in total. The molecule has 2 amide bonds. The van der Waals surface area contributed by atoms with Crippen molar-refractivity contribution in [1.29, 1.82) is 0 Å². The summed E-state index contributed by atoms with van der Waals surface area (Å²) < 4.78 is 0. The van der Waals surface area contributed by atoms with Gasteiger partial charge in [-0.25, -0.2) is 0 Å². The minimum Gasteiger partial charge on any atom is -0.355 e. The first kappa shape index (κ1) is 18.4. The zero-order valence-electron chi connectivity index (χ0n) is 12.0. The third-order valence-electron chi connectivity index (χ3n) is 3.11. The van der Waals surface area contributed by atoms with E-state index in [4.69, 9.17) is 5.73 Å². The summed E-state index contributed by atoms with van der Waals surface area (Å²) in [6, 6.07) is 6.93. The Morgan fingerprint density at radius 1 is 1.20 bits per heavy atom. The van der Waals surface area contributed by atoms with Crippen molar-refractivity contribution in [2.75, 3.05) is 7.05 Å². The summed E-state index contributed by atoms with van der Waals surface area (Å²) in [5, 5.41) is 5.38. The molecule has 0 aliphatic heterocycles. The number of carbonyl (C=O) groups is 2. The van der Waals surface area contributed by atoms with Gasteiger partial charge < -0.3 is 16.4 Å². The highest BCUT2D eigenvalue weighted by atomic mass is 35.5. The van der Waals surface area contributed by atoms with E-state index in [1.807, 2.05) is 19.1 Å². The summed E-state index contributed by atoms with van der Waals surface area (Å²) in [7, 11) is 1.59. The van der Waals surface area contributed by atoms with Crippen molar-refractivity contribution >= 4 is 24.2 Å². The zero-order valence-corrected chi connectivity index (χ0v) is 12.8. The first-order valence-electron chi connectivity index (χ1n) is 6.30. The minimum atomic E-state index is -0.217. The third-order valence-corrected chi connectivity index (χ3v) is 3.11. The number of nitrogens with one attached hydrogen (secondary N) is 2. The molecular weight excluding hydrogens is 278 g/mol. The number of hydrogen-bond donors (Lipinski definition) is 3. The average Bonchev–Trinajstić information content (AvgIpc) is 2.43. The van der Waals surface area contributed by atoms with Crippen LogP contribution in [0.2, 0.25) is 0 Å². The van der Waals surface area contributed by atoms with Crippen molar-refractivity contribution < 1.29 is 9.59 Å². The molecule has 6 heteroatoms. The molecule has 0 aliphatic carbocycles. The lowest BCUT2D eigenvalue weighted by molar-refractivity contribution is -0.125. The van der Waals surface area contributed by atoms with Crippen molar-refractivity contribution in [3.8, 4) is 0 Å². The summed E-state index contributed by atoms with van der Waals surface area (Å²) >= 11 is 0. The van der Waals surface area contributed by atoms with Crippen LogP contribution in [0.1, 0.15) is 29.8 Å². The van der Waals surface area contributed by atoms with Gasteiger partial charge >= 0.3 is 0 Å². The second-order valence-corrected chi connectivity index (χ2v) is 4.64. The van der Waals surface area contributed by atoms with E-state index in [1.165, 1.54) is 0 Å². The summed E-state index contributed by atoms with van der Waals surface area (Å²) in [4.78, 5) is 23.1. The van der Waals surface area contributed by atoms with Gasteiger partial charge in [-0.05, 0) is 24.6 Å². The molecule has 0 saturated carbocycles. The number of benzene rings is 1. The van der Waals surface area contributed by atoms with Gasteiger partial charge in [0.25, 0.3) is 5.91 Å². The van der Waals surface area contributed by atoms with Gasteiger partial charge in [-0.2, -0.15) is 0 Å². The molecule has 0 saturated heterocycles. The maximum Gasteiger partial charge on any atom is 0.251 e. The Kier molecular flexibility index (Phi) is 7.87. The van der Waals surface area contributed by atoms with Gasteiger partial charge in [-0.1, -0.05) is 19.1 Å². The normalized spacial score (nSPS) is 12.8. The number of halogens is 1. The maximum absolute atomic E-state index is 11.7. The fraction of sp³-hybridized carbons (Fsp3) is 0.429.